The van der Waals surface area contributed by atoms with Gasteiger partial charge in [0.25, 0.3) is 0 Å². The summed E-state index contributed by atoms with van der Waals surface area (Å²) in [6, 6.07) is 7.06. The Morgan fingerprint density at radius 2 is 1.75 bits per heavy atom. The van der Waals surface area contributed by atoms with Crippen molar-refractivity contribution in [1.29, 1.82) is 0 Å². The second kappa shape index (κ2) is 5.70. The normalized spacial score (nSPS) is 17.1. The monoisotopic (exact) mass is 225 g/mol. The molecule has 1 heterocycles. The molecule has 4 heteroatoms. The maximum atomic E-state index is 11.9. The number of ether oxygens (including phenoxy) is 2. The Bertz CT molecular complexity index is 309. The highest BCUT2D eigenvalue weighted by Crippen LogP contribution is 2.20. The van der Waals surface area contributed by atoms with Gasteiger partial charge in [0.1, 0.15) is 17.6 Å². The third-order valence-electron chi connectivity index (χ3n) is 2.63. The SMILES string of the molecule is FCOc1ccc(OC2CCNCC2)cc1. The summed E-state index contributed by atoms with van der Waals surface area (Å²) in [5, 5.41) is 3.28. The van der Waals surface area contributed by atoms with E-state index >= 15 is 0 Å². The van der Waals surface area contributed by atoms with Crippen molar-refractivity contribution < 1.29 is 13.9 Å². The second-order valence-electron chi connectivity index (χ2n) is 3.79. The van der Waals surface area contributed by atoms with E-state index in [1.165, 1.54) is 0 Å². The van der Waals surface area contributed by atoms with Crippen LogP contribution in [0.4, 0.5) is 4.39 Å². The molecule has 3 nitrogen and oxygen atoms in total. The minimum absolute atomic E-state index is 0.286. The summed E-state index contributed by atoms with van der Waals surface area (Å²) in [5.41, 5.74) is 0. The molecule has 1 N–H and O–H groups in total. The first-order valence-corrected chi connectivity index (χ1v) is 5.54. The Hall–Kier alpha value is -1.29. The van der Waals surface area contributed by atoms with E-state index in [0.29, 0.717) is 5.75 Å². The third-order valence-corrected chi connectivity index (χ3v) is 2.63. The van der Waals surface area contributed by atoms with Crippen LogP contribution in [0, 0.1) is 0 Å². The fourth-order valence-electron chi connectivity index (χ4n) is 1.78. The second-order valence-corrected chi connectivity index (χ2v) is 3.79. The van der Waals surface area contributed by atoms with Gasteiger partial charge in [0.2, 0.25) is 6.86 Å². The number of halogens is 1. The first-order chi connectivity index (χ1) is 7.88. The van der Waals surface area contributed by atoms with Gasteiger partial charge in [0, 0.05) is 0 Å². The molecule has 0 aromatic heterocycles. The third kappa shape index (κ3) is 3.10. The number of hydrogen-bond acceptors (Lipinski definition) is 3. The van der Waals surface area contributed by atoms with E-state index in [4.69, 9.17) is 9.47 Å². The van der Waals surface area contributed by atoms with Crippen LogP contribution in [0.5, 0.6) is 11.5 Å². The minimum Gasteiger partial charge on any atom is -0.490 e. The Morgan fingerprint density at radius 3 is 2.38 bits per heavy atom. The van der Waals surface area contributed by atoms with Crippen LogP contribution >= 0.6 is 0 Å². The smallest absolute Gasteiger partial charge is 0.228 e. The molecule has 0 unspecified atom stereocenters. The highest BCUT2D eigenvalue weighted by molar-refractivity contribution is 5.31. The van der Waals surface area contributed by atoms with Crippen LogP contribution in [0.15, 0.2) is 24.3 Å². The molecule has 2 rings (SSSR count). The van der Waals surface area contributed by atoms with Gasteiger partial charge in [-0.1, -0.05) is 0 Å². The largest absolute Gasteiger partial charge is 0.490 e. The van der Waals surface area contributed by atoms with Crippen LogP contribution in [0.25, 0.3) is 0 Å². The summed E-state index contributed by atoms with van der Waals surface area (Å²) >= 11 is 0. The molecule has 0 saturated carbocycles. The molecule has 0 radical (unpaired) electrons. The summed E-state index contributed by atoms with van der Waals surface area (Å²) in [7, 11) is 0. The molecule has 1 aromatic rings. The molecular weight excluding hydrogens is 209 g/mol. The number of hydrogen-bond donors (Lipinski definition) is 1. The molecule has 0 aliphatic carbocycles. The summed E-state index contributed by atoms with van der Waals surface area (Å²) < 4.78 is 22.4. The van der Waals surface area contributed by atoms with Gasteiger partial charge < -0.3 is 14.8 Å². The standard InChI is InChI=1S/C12H16FNO2/c13-9-15-10-1-3-11(4-2-10)16-12-5-7-14-8-6-12/h1-4,12,14H,5-9H2. The lowest BCUT2D eigenvalue weighted by Crippen LogP contribution is -2.34. The average molecular weight is 225 g/mol. The van der Waals surface area contributed by atoms with Crippen molar-refractivity contribution in [2.75, 3.05) is 20.0 Å². The number of rotatable bonds is 4. The van der Waals surface area contributed by atoms with Crippen molar-refractivity contribution in [1.82, 2.24) is 5.32 Å². The zero-order valence-corrected chi connectivity index (χ0v) is 9.12. The van der Waals surface area contributed by atoms with Crippen molar-refractivity contribution >= 4 is 0 Å². The predicted octanol–water partition coefficient (Wildman–Crippen LogP) is 2.12. The lowest BCUT2D eigenvalue weighted by Gasteiger charge is -2.23. The van der Waals surface area contributed by atoms with Crippen LogP contribution in [0.3, 0.4) is 0 Å². The Morgan fingerprint density at radius 1 is 1.12 bits per heavy atom. The molecule has 1 aliphatic rings. The molecule has 0 atom stereocenters. The molecule has 1 fully saturated rings. The van der Waals surface area contributed by atoms with Gasteiger partial charge in [0.05, 0.1) is 0 Å². The summed E-state index contributed by atoms with van der Waals surface area (Å²) in [4.78, 5) is 0. The topological polar surface area (TPSA) is 30.5 Å². The van der Waals surface area contributed by atoms with Crippen molar-refractivity contribution in [3.05, 3.63) is 24.3 Å². The molecule has 1 saturated heterocycles. The summed E-state index contributed by atoms with van der Waals surface area (Å²) in [6.07, 6.45) is 2.35. The number of alkyl halides is 1. The van der Waals surface area contributed by atoms with Crippen molar-refractivity contribution in [3.8, 4) is 11.5 Å². The minimum atomic E-state index is -0.797. The average Bonchev–Trinajstić information content (AvgIpc) is 2.33. The van der Waals surface area contributed by atoms with E-state index in [2.05, 4.69) is 5.32 Å². The van der Waals surface area contributed by atoms with Crippen LogP contribution in [-0.4, -0.2) is 26.1 Å². The van der Waals surface area contributed by atoms with Gasteiger partial charge in [0.15, 0.2) is 0 Å². The van der Waals surface area contributed by atoms with Gasteiger partial charge in [-0.3, -0.25) is 0 Å². The first kappa shape index (κ1) is 11.2. The van der Waals surface area contributed by atoms with Gasteiger partial charge in [-0.15, -0.1) is 0 Å². The highest BCUT2D eigenvalue weighted by Gasteiger charge is 2.14. The predicted molar refractivity (Wildman–Crippen MR) is 59.6 cm³/mol. The zero-order valence-electron chi connectivity index (χ0n) is 9.12. The van der Waals surface area contributed by atoms with Gasteiger partial charge in [-0.2, -0.15) is 0 Å². The summed E-state index contributed by atoms with van der Waals surface area (Å²) in [5.74, 6) is 1.35. The molecule has 0 spiro atoms. The Labute approximate surface area is 94.6 Å². The first-order valence-electron chi connectivity index (χ1n) is 5.54. The fraction of sp³-hybridized carbons (Fsp3) is 0.500. The summed E-state index contributed by atoms with van der Waals surface area (Å²) in [6.45, 7) is 1.22. The van der Waals surface area contributed by atoms with E-state index < -0.39 is 6.86 Å². The number of piperidine rings is 1. The molecule has 0 amide bonds. The van der Waals surface area contributed by atoms with Crippen molar-refractivity contribution in [2.24, 2.45) is 0 Å². The lowest BCUT2D eigenvalue weighted by atomic mass is 10.1. The maximum Gasteiger partial charge on any atom is 0.228 e. The van der Waals surface area contributed by atoms with Crippen LogP contribution in [0.2, 0.25) is 0 Å². The molecule has 16 heavy (non-hydrogen) atoms. The van der Waals surface area contributed by atoms with Crippen LogP contribution in [-0.2, 0) is 0 Å². The van der Waals surface area contributed by atoms with Crippen LogP contribution in [0.1, 0.15) is 12.8 Å². The lowest BCUT2D eigenvalue weighted by molar-refractivity contribution is 0.161. The van der Waals surface area contributed by atoms with Gasteiger partial charge >= 0.3 is 0 Å². The fourth-order valence-corrected chi connectivity index (χ4v) is 1.78. The molecule has 1 aromatic carbocycles. The van der Waals surface area contributed by atoms with Crippen molar-refractivity contribution in [2.45, 2.75) is 18.9 Å². The molecule has 0 bridgehead atoms. The van der Waals surface area contributed by atoms with Crippen molar-refractivity contribution in [3.63, 3.8) is 0 Å². The van der Waals surface area contributed by atoms with E-state index in [-0.39, 0.29) is 6.10 Å². The quantitative estimate of drug-likeness (QED) is 0.851. The van der Waals surface area contributed by atoms with Gasteiger partial charge in [-0.05, 0) is 50.2 Å². The van der Waals surface area contributed by atoms with E-state index in [0.717, 1.165) is 31.7 Å². The molecule has 1 aliphatic heterocycles. The van der Waals surface area contributed by atoms with Crippen LogP contribution < -0.4 is 14.8 Å². The molecule has 88 valence electrons. The zero-order chi connectivity index (χ0) is 11.2. The number of benzene rings is 1. The van der Waals surface area contributed by atoms with E-state index in [1.54, 1.807) is 12.1 Å². The van der Waals surface area contributed by atoms with Gasteiger partial charge in [-0.25, -0.2) is 4.39 Å². The Balaban J connectivity index is 1.88. The highest BCUT2D eigenvalue weighted by atomic mass is 19.1. The Kier molecular flexibility index (Phi) is 3.99. The number of nitrogens with one attached hydrogen (secondary N) is 1. The van der Waals surface area contributed by atoms with E-state index in [9.17, 15) is 4.39 Å². The molecular formula is C12H16FNO2. The maximum absolute atomic E-state index is 11.9. The van der Waals surface area contributed by atoms with E-state index in [1.807, 2.05) is 12.1 Å².